The minimum absolute atomic E-state index is 0.117. The topological polar surface area (TPSA) is 26.8 Å². The summed E-state index contributed by atoms with van der Waals surface area (Å²) >= 11 is 1.89. The van der Waals surface area contributed by atoms with Gasteiger partial charge in [-0.05, 0) is 45.8 Å². The SMILES string of the molecule is CN1CCC2(CC1)SCC(=O)N2CN1CCCC1. The molecule has 3 fully saturated rings. The van der Waals surface area contributed by atoms with Crippen molar-refractivity contribution in [2.45, 2.75) is 30.6 Å². The maximum atomic E-state index is 12.2. The van der Waals surface area contributed by atoms with Crippen LogP contribution >= 0.6 is 11.8 Å². The lowest BCUT2D eigenvalue weighted by Crippen LogP contribution is -2.54. The fraction of sp³-hybridized carbons (Fsp3) is 0.923. The Morgan fingerprint density at radius 1 is 1.17 bits per heavy atom. The van der Waals surface area contributed by atoms with E-state index in [4.69, 9.17) is 0 Å². The highest BCUT2D eigenvalue weighted by atomic mass is 32.2. The molecule has 3 aliphatic rings. The molecule has 0 unspecified atom stereocenters. The third-order valence-corrected chi connectivity index (χ3v) is 6.12. The molecular formula is C13H23N3OS. The van der Waals surface area contributed by atoms with Gasteiger partial charge in [-0.25, -0.2) is 0 Å². The van der Waals surface area contributed by atoms with Crippen LogP contribution in [0.25, 0.3) is 0 Å². The van der Waals surface area contributed by atoms with Gasteiger partial charge in [-0.15, -0.1) is 11.8 Å². The molecule has 3 heterocycles. The lowest BCUT2D eigenvalue weighted by molar-refractivity contribution is -0.133. The number of amides is 1. The second-order valence-electron chi connectivity index (χ2n) is 5.83. The third-order valence-electron chi connectivity index (χ3n) is 4.57. The van der Waals surface area contributed by atoms with Gasteiger partial charge in [0.25, 0.3) is 0 Å². The molecule has 0 bridgehead atoms. The fourth-order valence-electron chi connectivity index (χ4n) is 3.29. The quantitative estimate of drug-likeness (QED) is 0.748. The number of hydrogen-bond donors (Lipinski definition) is 0. The van der Waals surface area contributed by atoms with Crippen molar-refractivity contribution >= 4 is 17.7 Å². The molecule has 0 aromatic rings. The minimum Gasteiger partial charge on any atom is -0.314 e. The Balaban J connectivity index is 1.70. The molecule has 0 aromatic heterocycles. The molecule has 3 saturated heterocycles. The van der Waals surface area contributed by atoms with Crippen LogP contribution in [0.1, 0.15) is 25.7 Å². The first-order valence-electron chi connectivity index (χ1n) is 7.05. The smallest absolute Gasteiger partial charge is 0.234 e. The van der Waals surface area contributed by atoms with Crippen LogP contribution in [0, 0.1) is 0 Å². The van der Waals surface area contributed by atoms with Gasteiger partial charge in [0.2, 0.25) is 5.91 Å². The van der Waals surface area contributed by atoms with Gasteiger partial charge in [0, 0.05) is 13.1 Å². The van der Waals surface area contributed by atoms with E-state index in [1.807, 2.05) is 11.8 Å². The van der Waals surface area contributed by atoms with E-state index >= 15 is 0 Å². The highest BCUT2D eigenvalue weighted by Crippen LogP contribution is 2.44. The van der Waals surface area contributed by atoms with E-state index in [1.54, 1.807) is 0 Å². The Kier molecular flexibility index (Phi) is 3.56. The molecule has 4 nitrogen and oxygen atoms in total. The van der Waals surface area contributed by atoms with E-state index in [0.29, 0.717) is 11.7 Å². The van der Waals surface area contributed by atoms with Gasteiger partial charge >= 0.3 is 0 Å². The molecule has 0 saturated carbocycles. The fourth-order valence-corrected chi connectivity index (χ4v) is 4.63. The van der Waals surface area contributed by atoms with Gasteiger partial charge in [0.1, 0.15) is 0 Å². The number of thioether (sulfide) groups is 1. The average Bonchev–Trinajstić information content (AvgIpc) is 2.97. The monoisotopic (exact) mass is 269 g/mol. The number of carbonyl (C=O) groups is 1. The van der Waals surface area contributed by atoms with Crippen LogP contribution in [0.2, 0.25) is 0 Å². The molecule has 1 amide bonds. The normalized spacial score (nSPS) is 29.6. The van der Waals surface area contributed by atoms with Crippen molar-refractivity contribution in [3.63, 3.8) is 0 Å². The second kappa shape index (κ2) is 5.02. The summed E-state index contributed by atoms with van der Waals surface area (Å²) in [7, 11) is 2.18. The molecule has 102 valence electrons. The molecule has 5 heteroatoms. The van der Waals surface area contributed by atoms with Crippen molar-refractivity contribution in [3.05, 3.63) is 0 Å². The summed E-state index contributed by atoms with van der Waals surface area (Å²) in [5.41, 5.74) is 0. The van der Waals surface area contributed by atoms with E-state index in [1.165, 1.54) is 25.9 Å². The van der Waals surface area contributed by atoms with Crippen molar-refractivity contribution in [2.24, 2.45) is 0 Å². The third kappa shape index (κ3) is 2.28. The molecule has 3 rings (SSSR count). The van der Waals surface area contributed by atoms with E-state index < -0.39 is 0 Å². The Labute approximate surface area is 114 Å². The number of piperidine rings is 1. The van der Waals surface area contributed by atoms with Crippen LogP contribution < -0.4 is 0 Å². The van der Waals surface area contributed by atoms with Crippen molar-refractivity contribution in [2.75, 3.05) is 45.6 Å². The number of carbonyl (C=O) groups excluding carboxylic acids is 1. The number of rotatable bonds is 2. The van der Waals surface area contributed by atoms with E-state index in [-0.39, 0.29) is 4.87 Å². The average molecular weight is 269 g/mol. The molecular weight excluding hydrogens is 246 g/mol. The maximum absolute atomic E-state index is 12.2. The predicted octanol–water partition coefficient (Wildman–Crippen LogP) is 1.04. The molecule has 0 radical (unpaired) electrons. The van der Waals surface area contributed by atoms with Crippen LogP contribution in [0.15, 0.2) is 0 Å². The largest absolute Gasteiger partial charge is 0.314 e. The Morgan fingerprint density at radius 3 is 2.50 bits per heavy atom. The van der Waals surface area contributed by atoms with Gasteiger partial charge in [-0.2, -0.15) is 0 Å². The summed E-state index contributed by atoms with van der Waals surface area (Å²) in [6.45, 7) is 5.46. The van der Waals surface area contributed by atoms with Crippen molar-refractivity contribution in [3.8, 4) is 0 Å². The molecule has 1 spiro atoms. The first-order chi connectivity index (χ1) is 8.70. The first-order valence-corrected chi connectivity index (χ1v) is 8.03. The summed E-state index contributed by atoms with van der Waals surface area (Å²) in [5, 5.41) is 0. The summed E-state index contributed by atoms with van der Waals surface area (Å²) in [4.78, 5) is 19.3. The Hall–Kier alpha value is -0.260. The summed E-state index contributed by atoms with van der Waals surface area (Å²) in [5.74, 6) is 1.05. The van der Waals surface area contributed by atoms with E-state index in [0.717, 1.165) is 32.6 Å². The standard InChI is InChI=1S/C13H23N3OS/c1-14-8-4-13(5-9-14)16(12(17)10-18-13)11-15-6-2-3-7-15/h2-11H2,1H3. The zero-order chi connectivity index (χ0) is 12.6. The van der Waals surface area contributed by atoms with Crippen LogP contribution in [0.3, 0.4) is 0 Å². The van der Waals surface area contributed by atoms with Crippen LogP contribution in [-0.2, 0) is 4.79 Å². The van der Waals surface area contributed by atoms with E-state index in [9.17, 15) is 4.79 Å². The Morgan fingerprint density at radius 2 is 1.83 bits per heavy atom. The van der Waals surface area contributed by atoms with Crippen molar-refractivity contribution in [1.82, 2.24) is 14.7 Å². The molecule has 18 heavy (non-hydrogen) atoms. The molecule has 0 aliphatic carbocycles. The van der Waals surface area contributed by atoms with E-state index in [2.05, 4.69) is 21.7 Å². The molecule has 0 aromatic carbocycles. The second-order valence-corrected chi connectivity index (χ2v) is 7.16. The Bertz CT molecular complexity index is 322. The van der Waals surface area contributed by atoms with Gasteiger partial charge in [0.15, 0.2) is 0 Å². The summed E-state index contributed by atoms with van der Waals surface area (Å²) in [6.07, 6.45) is 4.86. The van der Waals surface area contributed by atoms with Crippen molar-refractivity contribution < 1.29 is 4.79 Å². The van der Waals surface area contributed by atoms with Gasteiger partial charge in [-0.3, -0.25) is 9.69 Å². The summed E-state index contributed by atoms with van der Waals surface area (Å²) < 4.78 is 0. The highest BCUT2D eigenvalue weighted by molar-refractivity contribution is 8.01. The highest BCUT2D eigenvalue weighted by Gasteiger charge is 2.47. The number of hydrogen-bond acceptors (Lipinski definition) is 4. The zero-order valence-electron chi connectivity index (χ0n) is 11.2. The first kappa shape index (κ1) is 12.8. The van der Waals surface area contributed by atoms with Crippen LogP contribution in [0.5, 0.6) is 0 Å². The van der Waals surface area contributed by atoms with Crippen LogP contribution in [-0.4, -0.2) is 71.1 Å². The van der Waals surface area contributed by atoms with Gasteiger partial charge < -0.3 is 9.80 Å². The lowest BCUT2D eigenvalue weighted by atomic mass is 10.0. The molecule has 0 N–H and O–H groups in total. The minimum atomic E-state index is 0.117. The predicted molar refractivity (Wildman–Crippen MR) is 74.4 cm³/mol. The lowest BCUT2D eigenvalue weighted by Gasteiger charge is -2.44. The number of likely N-dealkylation sites (tertiary alicyclic amines) is 2. The van der Waals surface area contributed by atoms with Gasteiger partial charge in [0.05, 0.1) is 17.3 Å². The zero-order valence-corrected chi connectivity index (χ0v) is 12.0. The molecule has 3 aliphatic heterocycles. The number of nitrogens with zero attached hydrogens (tertiary/aromatic N) is 3. The van der Waals surface area contributed by atoms with Crippen LogP contribution in [0.4, 0.5) is 0 Å². The molecule has 0 atom stereocenters. The van der Waals surface area contributed by atoms with Gasteiger partial charge in [-0.1, -0.05) is 0 Å². The van der Waals surface area contributed by atoms with Crippen molar-refractivity contribution in [1.29, 1.82) is 0 Å². The maximum Gasteiger partial charge on any atom is 0.234 e. The summed E-state index contributed by atoms with van der Waals surface area (Å²) in [6, 6.07) is 0.